The summed E-state index contributed by atoms with van der Waals surface area (Å²) < 4.78 is 5.81. The van der Waals surface area contributed by atoms with Gasteiger partial charge in [-0.2, -0.15) is 0 Å². The van der Waals surface area contributed by atoms with Gasteiger partial charge in [-0.3, -0.25) is 14.6 Å². The molecule has 2 amide bonds. The zero-order valence-corrected chi connectivity index (χ0v) is 25.3. The zero-order chi connectivity index (χ0) is 31.4. The number of hydrogen-bond acceptors (Lipinski definition) is 5. The first-order valence-electron chi connectivity index (χ1n) is 15.5. The third kappa shape index (κ3) is 9.50. The monoisotopic (exact) mass is 605 g/mol. The lowest BCUT2D eigenvalue weighted by Crippen LogP contribution is -2.44. The molecule has 3 aromatic carbocycles. The van der Waals surface area contributed by atoms with Crippen LogP contribution in [-0.2, 0) is 33.8 Å². The first kappa shape index (κ1) is 31.4. The van der Waals surface area contributed by atoms with Crippen LogP contribution in [0.15, 0.2) is 103 Å². The Morgan fingerprint density at radius 2 is 1.56 bits per heavy atom. The van der Waals surface area contributed by atoms with E-state index < -0.39 is 12.0 Å². The van der Waals surface area contributed by atoms with E-state index in [-0.39, 0.29) is 30.6 Å². The maximum absolute atomic E-state index is 12.9. The summed E-state index contributed by atoms with van der Waals surface area (Å²) in [6.07, 6.45) is 6.58. The van der Waals surface area contributed by atoms with E-state index in [0.717, 1.165) is 40.7 Å². The van der Waals surface area contributed by atoms with Crippen LogP contribution in [0.5, 0.6) is 5.75 Å². The summed E-state index contributed by atoms with van der Waals surface area (Å²) in [6.45, 7) is 1.67. The summed E-state index contributed by atoms with van der Waals surface area (Å²) in [7, 11) is 0. The van der Waals surface area contributed by atoms with Crippen LogP contribution in [0.4, 0.5) is 0 Å². The zero-order valence-electron chi connectivity index (χ0n) is 25.3. The highest BCUT2D eigenvalue weighted by Crippen LogP contribution is 2.23. The van der Waals surface area contributed by atoms with Gasteiger partial charge in [0, 0.05) is 44.7 Å². The number of ether oxygens (including phenoxy) is 1. The number of carboxylic acids is 1. The number of aryl methyl sites for hydroxylation is 1. The molecule has 2 heterocycles. The Morgan fingerprint density at radius 3 is 2.22 bits per heavy atom. The van der Waals surface area contributed by atoms with Gasteiger partial charge in [0.1, 0.15) is 18.4 Å². The van der Waals surface area contributed by atoms with Gasteiger partial charge in [-0.1, -0.05) is 72.8 Å². The van der Waals surface area contributed by atoms with Crippen LogP contribution in [0.2, 0.25) is 0 Å². The topological polar surface area (TPSA) is 109 Å². The molecule has 1 saturated heterocycles. The fourth-order valence-corrected chi connectivity index (χ4v) is 5.61. The van der Waals surface area contributed by atoms with Gasteiger partial charge in [-0.05, 0) is 71.2 Å². The number of benzene rings is 3. The Bertz CT molecular complexity index is 1540. The third-order valence-corrected chi connectivity index (χ3v) is 8.26. The molecule has 1 aliphatic heterocycles. The molecule has 0 radical (unpaired) electrons. The summed E-state index contributed by atoms with van der Waals surface area (Å²) in [5.41, 5.74) is 5.13. The number of carboxylic acid groups (broad SMARTS) is 1. The van der Waals surface area contributed by atoms with E-state index in [9.17, 15) is 19.5 Å². The highest BCUT2D eigenvalue weighted by molar-refractivity contribution is 5.84. The van der Waals surface area contributed by atoms with Gasteiger partial charge in [0.25, 0.3) is 0 Å². The van der Waals surface area contributed by atoms with Crippen molar-refractivity contribution in [2.45, 2.75) is 51.2 Å². The predicted molar refractivity (Wildman–Crippen MR) is 172 cm³/mol. The quantitative estimate of drug-likeness (QED) is 0.202. The van der Waals surface area contributed by atoms with Gasteiger partial charge in [-0.15, -0.1) is 0 Å². The van der Waals surface area contributed by atoms with E-state index in [1.165, 1.54) is 0 Å². The number of hydrogen-bond donors (Lipinski definition) is 2. The van der Waals surface area contributed by atoms with Crippen LogP contribution in [0.25, 0.3) is 11.1 Å². The van der Waals surface area contributed by atoms with E-state index in [4.69, 9.17) is 4.74 Å². The van der Waals surface area contributed by atoms with Crippen molar-refractivity contribution in [2.24, 2.45) is 5.92 Å². The van der Waals surface area contributed by atoms with E-state index in [0.29, 0.717) is 38.3 Å². The van der Waals surface area contributed by atoms with E-state index in [1.807, 2.05) is 77.8 Å². The molecule has 1 aliphatic rings. The summed E-state index contributed by atoms with van der Waals surface area (Å²) in [5.74, 6) is -0.412. The Hall–Kier alpha value is -4.98. The second-order valence-electron chi connectivity index (χ2n) is 11.5. The Kier molecular flexibility index (Phi) is 10.9. The largest absolute Gasteiger partial charge is 0.489 e. The van der Waals surface area contributed by atoms with Crippen molar-refractivity contribution in [3.63, 3.8) is 0 Å². The average molecular weight is 606 g/mol. The Balaban J connectivity index is 1.02. The number of rotatable bonds is 13. The Labute approximate surface area is 264 Å². The van der Waals surface area contributed by atoms with Gasteiger partial charge < -0.3 is 20.1 Å². The van der Waals surface area contributed by atoms with Gasteiger partial charge in [0.05, 0.1) is 0 Å². The first-order valence-corrected chi connectivity index (χ1v) is 15.5. The molecule has 232 valence electrons. The highest BCUT2D eigenvalue weighted by atomic mass is 16.5. The lowest BCUT2D eigenvalue weighted by molar-refractivity contribution is -0.142. The molecule has 4 aromatic rings. The maximum atomic E-state index is 12.9. The number of aromatic nitrogens is 1. The maximum Gasteiger partial charge on any atom is 0.326 e. The van der Waals surface area contributed by atoms with Gasteiger partial charge >= 0.3 is 5.97 Å². The minimum Gasteiger partial charge on any atom is -0.489 e. The molecule has 8 heteroatoms. The summed E-state index contributed by atoms with van der Waals surface area (Å²) in [5, 5.41) is 12.5. The average Bonchev–Trinajstić information content (AvgIpc) is 3.08. The smallest absolute Gasteiger partial charge is 0.326 e. The van der Waals surface area contributed by atoms with Crippen molar-refractivity contribution in [2.75, 3.05) is 13.1 Å². The van der Waals surface area contributed by atoms with Gasteiger partial charge in [-0.25, -0.2) is 4.79 Å². The third-order valence-electron chi connectivity index (χ3n) is 8.26. The SMILES string of the molecule is O=C(CC1CCN(C(=O)CCc2ccc(-c3cccnc3)cc2)CC1)NC(Cc1ccc(OCc2ccccc2)cc1)C(=O)O. The second-order valence-corrected chi connectivity index (χ2v) is 11.5. The van der Waals surface area contributed by atoms with E-state index in [2.05, 4.69) is 34.6 Å². The van der Waals surface area contributed by atoms with Crippen molar-refractivity contribution in [1.82, 2.24) is 15.2 Å². The summed E-state index contributed by atoms with van der Waals surface area (Å²) in [6, 6.07) is 28.3. The van der Waals surface area contributed by atoms with E-state index in [1.54, 1.807) is 6.20 Å². The van der Waals surface area contributed by atoms with Crippen LogP contribution >= 0.6 is 0 Å². The molecule has 5 rings (SSSR count). The van der Waals surface area contributed by atoms with Crippen molar-refractivity contribution in [1.29, 1.82) is 0 Å². The number of likely N-dealkylation sites (tertiary alicyclic amines) is 1. The molecular formula is C37H39N3O5. The standard InChI is InChI=1S/C37H39N3O5/c41-35(39-34(37(43)44)23-28-10-15-33(16-11-28)45-26-30-5-2-1-3-6-30)24-29-18-21-40(22-19-29)36(42)17-12-27-8-13-31(14-9-27)32-7-4-20-38-25-32/h1-11,13-16,20,25,29,34H,12,17-19,21-24,26H2,(H,39,41)(H,43,44). The van der Waals surface area contributed by atoms with Crippen LogP contribution in [0.3, 0.4) is 0 Å². The van der Waals surface area contributed by atoms with E-state index >= 15 is 0 Å². The minimum absolute atomic E-state index is 0.115. The fraction of sp³-hybridized carbons (Fsp3) is 0.297. The van der Waals surface area contributed by atoms with Gasteiger partial charge in [0.2, 0.25) is 11.8 Å². The molecule has 1 fully saturated rings. The van der Waals surface area contributed by atoms with Crippen LogP contribution in [-0.4, -0.2) is 51.9 Å². The Morgan fingerprint density at radius 1 is 0.844 bits per heavy atom. The number of carbonyl (C=O) groups is 3. The van der Waals surface area contributed by atoms with Crippen molar-refractivity contribution in [3.8, 4) is 16.9 Å². The lowest BCUT2D eigenvalue weighted by Gasteiger charge is -2.32. The highest BCUT2D eigenvalue weighted by Gasteiger charge is 2.26. The molecule has 0 aliphatic carbocycles. The molecule has 8 nitrogen and oxygen atoms in total. The van der Waals surface area contributed by atoms with Crippen LogP contribution in [0, 0.1) is 5.92 Å². The lowest BCUT2D eigenvalue weighted by atomic mass is 9.92. The number of aliphatic carboxylic acids is 1. The molecule has 0 saturated carbocycles. The minimum atomic E-state index is -1.07. The molecular weight excluding hydrogens is 566 g/mol. The molecule has 1 aromatic heterocycles. The number of carbonyl (C=O) groups excluding carboxylic acids is 2. The van der Waals surface area contributed by atoms with Crippen molar-refractivity contribution < 1.29 is 24.2 Å². The number of amides is 2. The van der Waals surface area contributed by atoms with Crippen molar-refractivity contribution >= 4 is 17.8 Å². The van der Waals surface area contributed by atoms with Crippen LogP contribution in [0.1, 0.15) is 42.4 Å². The summed E-state index contributed by atoms with van der Waals surface area (Å²) in [4.78, 5) is 43.7. The fourth-order valence-electron chi connectivity index (χ4n) is 5.61. The molecule has 45 heavy (non-hydrogen) atoms. The first-order chi connectivity index (χ1) is 21.9. The molecule has 2 N–H and O–H groups in total. The van der Waals surface area contributed by atoms with Gasteiger partial charge in [0.15, 0.2) is 0 Å². The molecule has 0 bridgehead atoms. The number of piperidine rings is 1. The normalized spacial score (nSPS) is 14.0. The molecule has 1 atom stereocenters. The number of nitrogens with zero attached hydrogens (tertiary/aromatic N) is 2. The summed E-state index contributed by atoms with van der Waals surface area (Å²) >= 11 is 0. The second kappa shape index (κ2) is 15.7. The molecule has 0 spiro atoms. The number of pyridine rings is 1. The van der Waals surface area contributed by atoms with Crippen LogP contribution < -0.4 is 10.1 Å². The predicted octanol–water partition coefficient (Wildman–Crippen LogP) is 5.70. The molecule has 1 unspecified atom stereocenters. The van der Waals surface area contributed by atoms with Crippen molar-refractivity contribution in [3.05, 3.63) is 120 Å². The number of nitrogens with one attached hydrogen (secondary N) is 1.